The van der Waals surface area contributed by atoms with Gasteiger partial charge in [-0.3, -0.25) is 0 Å². The lowest BCUT2D eigenvalue weighted by Gasteiger charge is -2.07. The Balaban J connectivity index is 2.18. The van der Waals surface area contributed by atoms with E-state index in [1.54, 1.807) is 0 Å². The number of H-pyrrole nitrogens is 1. The standard InChI is InChI=1S/C15H11Br3N2O/c1-7-9(16)10(17)11(18)13-12(7)19-15(20-13)14(21)8-5-3-2-4-6-8/h2-6,14,21H,1H3,(H,19,20). The smallest absolute Gasteiger partial charge is 0.140 e. The fourth-order valence-electron chi connectivity index (χ4n) is 2.22. The number of hydrogen-bond acceptors (Lipinski definition) is 2. The van der Waals surface area contributed by atoms with Gasteiger partial charge in [-0.05, 0) is 65.8 Å². The normalized spacial score (nSPS) is 12.8. The number of imidazole rings is 1. The Bertz CT molecular complexity index is 770. The summed E-state index contributed by atoms with van der Waals surface area (Å²) in [4.78, 5) is 7.78. The largest absolute Gasteiger partial charge is 0.380 e. The number of rotatable bonds is 2. The van der Waals surface area contributed by atoms with Crippen molar-refractivity contribution in [1.29, 1.82) is 0 Å². The second-order valence-corrected chi connectivity index (χ2v) is 7.10. The predicted octanol–water partition coefficient (Wildman–Crippen LogP) is 5.24. The summed E-state index contributed by atoms with van der Waals surface area (Å²) in [5.41, 5.74) is 3.53. The number of fused-ring (bicyclic) bond motifs is 1. The van der Waals surface area contributed by atoms with Crippen LogP contribution in [0.15, 0.2) is 43.7 Å². The number of nitrogens with zero attached hydrogens (tertiary/aromatic N) is 1. The average molecular weight is 475 g/mol. The van der Waals surface area contributed by atoms with Crippen molar-refractivity contribution in [2.75, 3.05) is 0 Å². The molecule has 1 heterocycles. The van der Waals surface area contributed by atoms with Crippen molar-refractivity contribution < 1.29 is 5.11 Å². The van der Waals surface area contributed by atoms with Gasteiger partial charge < -0.3 is 10.1 Å². The molecule has 1 unspecified atom stereocenters. The van der Waals surface area contributed by atoms with Crippen molar-refractivity contribution in [3.8, 4) is 0 Å². The molecule has 108 valence electrons. The van der Waals surface area contributed by atoms with Gasteiger partial charge in [0.2, 0.25) is 0 Å². The lowest BCUT2D eigenvalue weighted by molar-refractivity contribution is 0.211. The van der Waals surface area contributed by atoms with Crippen molar-refractivity contribution in [1.82, 2.24) is 9.97 Å². The first kappa shape index (κ1) is 15.2. The Morgan fingerprint density at radius 2 is 1.71 bits per heavy atom. The zero-order valence-corrected chi connectivity index (χ0v) is 15.8. The molecule has 1 atom stereocenters. The fraction of sp³-hybridized carbons (Fsp3) is 0.133. The second kappa shape index (κ2) is 5.83. The minimum atomic E-state index is -0.776. The Morgan fingerprint density at radius 3 is 2.38 bits per heavy atom. The van der Waals surface area contributed by atoms with Crippen LogP contribution < -0.4 is 0 Å². The SMILES string of the molecule is Cc1c(Br)c(Br)c(Br)c2[nH]c(C(O)c3ccccc3)nc12. The Morgan fingerprint density at radius 1 is 1.05 bits per heavy atom. The summed E-state index contributed by atoms with van der Waals surface area (Å²) in [5.74, 6) is 0.532. The quantitative estimate of drug-likeness (QED) is 0.499. The maximum atomic E-state index is 10.5. The molecule has 0 bridgehead atoms. The van der Waals surface area contributed by atoms with E-state index < -0.39 is 6.10 Å². The number of aromatic amines is 1. The zero-order valence-electron chi connectivity index (χ0n) is 11.0. The van der Waals surface area contributed by atoms with E-state index in [0.29, 0.717) is 5.82 Å². The van der Waals surface area contributed by atoms with Crippen molar-refractivity contribution in [2.45, 2.75) is 13.0 Å². The van der Waals surface area contributed by atoms with Crippen LogP contribution in [0.4, 0.5) is 0 Å². The molecule has 3 nitrogen and oxygen atoms in total. The van der Waals surface area contributed by atoms with Crippen LogP contribution in [0, 0.1) is 6.92 Å². The highest BCUT2D eigenvalue weighted by atomic mass is 79.9. The first-order valence-electron chi connectivity index (χ1n) is 6.26. The number of aliphatic hydroxyl groups is 1. The van der Waals surface area contributed by atoms with Gasteiger partial charge in [0.05, 0.1) is 15.5 Å². The molecule has 0 saturated heterocycles. The summed E-state index contributed by atoms with van der Waals surface area (Å²) in [7, 11) is 0. The van der Waals surface area contributed by atoms with Crippen molar-refractivity contribution in [3.05, 3.63) is 60.7 Å². The number of nitrogens with one attached hydrogen (secondary N) is 1. The molecular weight excluding hydrogens is 464 g/mol. The number of aliphatic hydroxyl groups excluding tert-OH is 1. The van der Waals surface area contributed by atoms with Crippen LogP contribution in [0.25, 0.3) is 11.0 Å². The van der Waals surface area contributed by atoms with Gasteiger partial charge in [-0.15, -0.1) is 0 Å². The highest BCUT2D eigenvalue weighted by Gasteiger charge is 2.20. The molecule has 0 spiro atoms. The minimum absolute atomic E-state index is 0.532. The Labute approximate surface area is 147 Å². The van der Waals surface area contributed by atoms with E-state index in [9.17, 15) is 5.11 Å². The third-order valence-electron chi connectivity index (χ3n) is 3.39. The number of hydrogen-bond donors (Lipinski definition) is 2. The molecule has 0 aliphatic heterocycles. The van der Waals surface area contributed by atoms with Crippen molar-refractivity contribution in [3.63, 3.8) is 0 Å². The molecule has 2 N–H and O–H groups in total. The summed E-state index contributed by atoms with van der Waals surface area (Å²) in [6.07, 6.45) is -0.776. The number of aryl methyl sites for hydroxylation is 1. The molecule has 0 aliphatic carbocycles. The van der Waals surface area contributed by atoms with Crippen molar-refractivity contribution in [2.24, 2.45) is 0 Å². The molecule has 3 aromatic rings. The molecule has 0 aliphatic rings. The molecule has 0 fully saturated rings. The third-order valence-corrected chi connectivity index (χ3v) is 7.03. The van der Waals surface area contributed by atoms with Crippen LogP contribution in [-0.2, 0) is 0 Å². The van der Waals surface area contributed by atoms with Gasteiger partial charge in [0, 0.05) is 8.95 Å². The molecule has 0 radical (unpaired) electrons. The van der Waals surface area contributed by atoms with E-state index in [0.717, 1.165) is 35.6 Å². The average Bonchev–Trinajstić information content (AvgIpc) is 2.96. The summed E-state index contributed by atoms with van der Waals surface area (Å²) in [6.45, 7) is 1.99. The monoisotopic (exact) mass is 472 g/mol. The zero-order chi connectivity index (χ0) is 15.1. The van der Waals surface area contributed by atoms with Crippen LogP contribution in [-0.4, -0.2) is 15.1 Å². The van der Waals surface area contributed by atoms with Crippen LogP contribution in [0.5, 0.6) is 0 Å². The maximum Gasteiger partial charge on any atom is 0.140 e. The predicted molar refractivity (Wildman–Crippen MR) is 94.4 cm³/mol. The topological polar surface area (TPSA) is 48.9 Å². The van der Waals surface area contributed by atoms with E-state index in [4.69, 9.17) is 0 Å². The van der Waals surface area contributed by atoms with Gasteiger partial charge in [0.15, 0.2) is 0 Å². The summed E-state index contributed by atoms with van der Waals surface area (Å²) < 4.78 is 2.76. The van der Waals surface area contributed by atoms with Crippen LogP contribution in [0.3, 0.4) is 0 Å². The third kappa shape index (κ3) is 2.59. The van der Waals surface area contributed by atoms with Gasteiger partial charge in [-0.25, -0.2) is 4.98 Å². The molecule has 0 amide bonds. The number of aromatic nitrogens is 2. The second-order valence-electron chi connectivity index (χ2n) is 4.73. The van der Waals surface area contributed by atoms with Gasteiger partial charge >= 0.3 is 0 Å². The van der Waals surface area contributed by atoms with Gasteiger partial charge in [-0.1, -0.05) is 30.3 Å². The van der Waals surface area contributed by atoms with E-state index in [1.165, 1.54) is 0 Å². The van der Waals surface area contributed by atoms with Gasteiger partial charge in [0.25, 0.3) is 0 Å². The molecule has 2 aromatic carbocycles. The lowest BCUT2D eigenvalue weighted by Crippen LogP contribution is -2.01. The van der Waals surface area contributed by atoms with E-state index in [2.05, 4.69) is 57.8 Å². The van der Waals surface area contributed by atoms with E-state index in [-0.39, 0.29) is 0 Å². The highest BCUT2D eigenvalue weighted by Crippen LogP contribution is 2.40. The Kier molecular flexibility index (Phi) is 4.23. The first-order chi connectivity index (χ1) is 10.0. The van der Waals surface area contributed by atoms with Crippen LogP contribution in [0.1, 0.15) is 23.1 Å². The highest BCUT2D eigenvalue weighted by molar-refractivity contribution is 9.14. The van der Waals surface area contributed by atoms with E-state index in [1.807, 2.05) is 37.3 Å². The maximum absolute atomic E-state index is 10.5. The minimum Gasteiger partial charge on any atom is -0.380 e. The summed E-state index contributed by atoms with van der Waals surface area (Å²) in [5, 5.41) is 10.5. The summed E-state index contributed by atoms with van der Waals surface area (Å²) >= 11 is 10.6. The molecule has 0 saturated carbocycles. The van der Waals surface area contributed by atoms with Gasteiger partial charge in [0.1, 0.15) is 11.9 Å². The lowest BCUT2D eigenvalue weighted by atomic mass is 10.1. The van der Waals surface area contributed by atoms with Crippen LogP contribution in [0.2, 0.25) is 0 Å². The van der Waals surface area contributed by atoms with Gasteiger partial charge in [-0.2, -0.15) is 0 Å². The fourth-order valence-corrected chi connectivity index (χ4v) is 3.85. The van der Waals surface area contributed by atoms with Crippen LogP contribution >= 0.6 is 47.8 Å². The molecule has 21 heavy (non-hydrogen) atoms. The summed E-state index contributed by atoms with van der Waals surface area (Å²) in [6, 6.07) is 9.48. The number of benzene rings is 2. The molecular formula is C15H11Br3N2O. The van der Waals surface area contributed by atoms with E-state index >= 15 is 0 Å². The molecule has 6 heteroatoms. The molecule has 3 rings (SSSR count). The molecule has 1 aromatic heterocycles. The van der Waals surface area contributed by atoms with Crippen molar-refractivity contribution >= 4 is 58.8 Å². The first-order valence-corrected chi connectivity index (χ1v) is 8.64. The number of halogens is 3. The Hall–Kier alpha value is -0.690.